The van der Waals surface area contributed by atoms with Crippen LogP contribution in [0.1, 0.15) is 38.7 Å². The van der Waals surface area contributed by atoms with Crippen LogP contribution < -0.4 is 0 Å². The lowest BCUT2D eigenvalue weighted by atomic mass is 9.99. The number of furan rings is 1. The van der Waals surface area contributed by atoms with Crippen LogP contribution in [0.25, 0.3) is 0 Å². The number of carbonyl (C=O) groups excluding carboxylic acids is 1. The second kappa shape index (κ2) is 4.42. The first-order valence-electron chi connectivity index (χ1n) is 5.65. The SMILES string of the molecule is O=C(c1cc2c(s1)CCCC2)c1occc1Br. The fraction of sp³-hybridized carbons (Fsp3) is 0.308. The molecule has 17 heavy (non-hydrogen) atoms. The third-order valence-electron chi connectivity index (χ3n) is 3.04. The maximum absolute atomic E-state index is 12.2. The van der Waals surface area contributed by atoms with Gasteiger partial charge in [-0.05, 0) is 59.3 Å². The van der Waals surface area contributed by atoms with Crippen molar-refractivity contribution in [3.05, 3.63) is 43.9 Å². The number of ketones is 1. The molecule has 0 saturated heterocycles. The minimum atomic E-state index is -0.0127. The standard InChI is InChI=1S/C13H11BrO2S/c14-9-5-6-16-13(9)12(15)11-7-8-3-1-2-4-10(8)17-11/h5-7H,1-4H2. The van der Waals surface area contributed by atoms with E-state index >= 15 is 0 Å². The molecule has 0 fully saturated rings. The predicted octanol–water partition coefficient (Wildman–Crippen LogP) is 4.21. The summed E-state index contributed by atoms with van der Waals surface area (Å²) in [5.74, 6) is 0.393. The molecule has 2 aromatic rings. The molecule has 1 aliphatic carbocycles. The Balaban J connectivity index is 1.97. The summed E-state index contributed by atoms with van der Waals surface area (Å²) in [6.45, 7) is 0. The van der Waals surface area contributed by atoms with Gasteiger partial charge in [0, 0.05) is 4.88 Å². The fourth-order valence-corrected chi connectivity index (χ4v) is 3.74. The van der Waals surface area contributed by atoms with Gasteiger partial charge in [-0.2, -0.15) is 0 Å². The van der Waals surface area contributed by atoms with Crippen LogP contribution >= 0.6 is 27.3 Å². The molecular formula is C13H11BrO2S. The van der Waals surface area contributed by atoms with E-state index < -0.39 is 0 Å². The Bertz CT molecular complexity index is 544. The smallest absolute Gasteiger partial charge is 0.239 e. The van der Waals surface area contributed by atoms with Gasteiger partial charge in [0.2, 0.25) is 5.78 Å². The number of hydrogen-bond acceptors (Lipinski definition) is 3. The van der Waals surface area contributed by atoms with Gasteiger partial charge in [0.1, 0.15) is 0 Å². The summed E-state index contributed by atoms with van der Waals surface area (Å²) in [5, 5.41) is 0. The number of fused-ring (bicyclic) bond motifs is 1. The molecule has 0 atom stereocenters. The molecule has 1 aliphatic rings. The molecule has 0 saturated carbocycles. The van der Waals surface area contributed by atoms with Crippen molar-refractivity contribution in [2.75, 3.05) is 0 Å². The van der Waals surface area contributed by atoms with Gasteiger partial charge in [-0.25, -0.2) is 0 Å². The van der Waals surface area contributed by atoms with Crippen LogP contribution in [0.2, 0.25) is 0 Å². The van der Waals surface area contributed by atoms with Gasteiger partial charge in [-0.15, -0.1) is 11.3 Å². The molecule has 0 aliphatic heterocycles. The van der Waals surface area contributed by atoms with Crippen LogP contribution in [0, 0.1) is 0 Å². The average Bonchev–Trinajstić information content (AvgIpc) is 2.93. The van der Waals surface area contributed by atoms with Gasteiger partial charge < -0.3 is 4.42 Å². The second-order valence-electron chi connectivity index (χ2n) is 4.19. The Morgan fingerprint density at radius 3 is 2.88 bits per heavy atom. The molecule has 0 spiro atoms. The average molecular weight is 311 g/mol. The van der Waals surface area contributed by atoms with Gasteiger partial charge >= 0.3 is 0 Å². The molecule has 4 heteroatoms. The van der Waals surface area contributed by atoms with Crippen molar-refractivity contribution in [2.24, 2.45) is 0 Å². The van der Waals surface area contributed by atoms with Crippen LogP contribution in [-0.4, -0.2) is 5.78 Å². The number of halogens is 1. The van der Waals surface area contributed by atoms with Crippen molar-refractivity contribution in [3.8, 4) is 0 Å². The summed E-state index contributed by atoms with van der Waals surface area (Å²) >= 11 is 4.95. The van der Waals surface area contributed by atoms with Crippen LogP contribution in [0.4, 0.5) is 0 Å². The normalized spacial score (nSPS) is 14.6. The number of rotatable bonds is 2. The molecular weight excluding hydrogens is 300 g/mol. The minimum Gasteiger partial charge on any atom is -0.460 e. The zero-order valence-corrected chi connectivity index (χ0v) is 11.6. The molecule has 2 heterocycles. The van der Waals surface area contributed by atoms with E-state index in [4.69, 9.17) is 4.42 Å². The van der Waals surface area contributed by atoms with Crippen molar-refractivity contribution in [3.63, 3.8) is 0 Å². The number of hydrogen-bond donors (Lipinski definition) is 0. The highest BCUT2D eigenvalue weighted by Gasteiger charge is 2.21. The summed E-state index contributed by atoms with van der Waals surface area (Å²) in [4.78, 5) is 14.4. The first kappa shape index (κ1) is 11.2. The zero-order chi connectivity index (χ0) is 11.8. The van der Waals surface area contributed by atoms with Gasteiger partial charge in [0.25, 0.3) is 0 Å². The summed E-state index contributed by atoms with van der Waals surface area (Å²) in [6, 6.07) is 3.79. The monoisotopic (exact) mass is 310 g/mol. The van der Waals surface area contributed by atoms with Gasteiger partial charge in [0.05, 0.1) is 15.6 Å². The van der Waals surface area contributed by atoms with E-state index in [9.17, 15) is 4.79 Å². The second-order valence-corrected chi connectivity index (χ2v) is 6.18. The van der Waals surface area contributed by atoms with Crippen molar-refractivity contribution in [2.45, 2.75) is 25.7 Å². The van der Waals surface area contributed by atoms with E-state index in [-0.39, 0.29) is 5.78 Å². The summed E-state index contributed by atoms with van der Waals surface area (Å²) in [5.41, 5.74) is 1.35. The Morgan fingerprint density at radius 1 is 1.35 bits per heavy atom. The molecule has 2 nitrogen and oxygen atoms in total. The van der Waals surface area contributed by atoms with Crippen molar-refractivity contribution >= 4 is 33.0 Å². The third-order valence-corrected chi connectivity index (χ3v) is 4.90. The molecule has 0 unspecified atom stereocenters. The topological polar surface area (TPSA) is 30.2 Å². The largest absolute Gasteiger partial charge is 0.460 e. The number of thiophene rings is 1. The molecule has 0 bridgehead atoms. The zero-order valence-electron chi connectivity index (χ0n) is 9.16. The lowest BCUT2D eigenvalue weighted by molar-refractivity contribution is 0.101. The molecule has 2 aromatic heterocycles. The van der Waals surface area contributed by atoms with Gasteiger partial charge in [-0.1, -0.05) is 0 Å². The van der Waals surface area contributed by atoms with E-state index in [1.807, 2.05) is 6.07 Å². The minimum absolute atomic E-state index is 0.0127. The van der Waals surface area contributed by atoms with E-state index in [0.717, 1.165) is 22.2 Å². The van der Waals surface area contributed by atoms with Crippen LogP contribution in [0.15, 0.2) is 27.3 Å². The fourth-order valence-electron chi connectivity index (χ4n) is 2.17. The van der Waals surface area contributed by atoms with Crippen LogP contribution in [0.3, 0.4) is 0 Å². The van der Waals surface area contributed by atoms with Crippen molar-refractivity contribution in [1.29, 1.82) is 0 Å². The highest BCUT2D eigenvalue weighted by atomic mass is 79.9. The van der Waals surface area contributed by atoms with E-state index in [1.165, 1.54) is 29.5 Å². The molecule has 0 aromatic carbocycles. The maximum atomic E-state index is 12.2. The van der Waals surface area contributed by atoms with E-state index in [2.05, 4.69) is 15.9 Å². The lowest BCUT2D eigenvalue weighted by Crippen LogP contribution is -1.97. The van der Waals surface area contributed by atoms with Gasteiger partial charge in [-0.3, -0.25) is 4.79 Å². The molecule has 0 N–H and O–H groups in total. The number of aryl methyl sites for hydroxylation is 2. The Kier molecular flexibility index (Phi) is 2.92. The highest BCUT2D eigenvalue weighted by molar-refractivity contribution is 9.10. The maximum Gasteiger partial charge on any atom is 0.239 e. The first-order chi connectivity index (χ1) is 8.25. The summed E-state index contributed by atoms with van der Waals surface area (Å²) in [6.07, 6.45) is 6.24. The van der Waals surface area contributed by atoms with Gasteiger partial charge in [0.15, 0.2) is 5.76 Å². The van der Waals surface area contributed by atoms with Crippen LogP contribution in [0.5, 0.6) is 0 Å². The molecule has 0 amide bonds. The first-order valence-corrected chi connectivity index (χ1v) is 7.26. The van der Waals surface area contributed by atoms with E-state index in [1.54, 1.807) is 17.4 Å². The third kappa shape index (κ3) is 2.00. The van der Waals surface area contributed by atoms with Crippen molar-refractivity contribution in [1.82, 2.24) is 0 Å². The van der Waals surface area contributed by atoms with Crippen LogP contribution in [-0.2, 0) is 12.8 Å². The summed E-state index contributed by atoms with van der Waals surface area (Å²) < 4.78 is 5.95. The van der Waals surface area contributed by atoms with Crippen molar-refractivity contribution < 1.29 is 9.21 Å². The number of carbonyl (C=O) groups is 1. The summed E-state index contributed by atoms with van der Waals surface area (Å²) in [7, 11) is 0. The molecule has 0 radical (unpaired) electrons. The quantitative estimate of drug-likeness (QED) is 0.778. The Morgan fingerprint density at radius 2 is 2.18 bits per heavy atom. The Labute approximate surface area is 112 Å². The van der Waals surface area contributed by atoms with E-state index in [0.29, 0.717) is 5.76 Å². The molecule has 88 valence electrons. The lowest BCUT2D eigenvalue weighted by Gasteiger charge is -2.08. The predicted molar refractivity (Wildman–Crippen MR) is 70.8 cm³/mol. The highest BCUT2D eigenvalue weighted by Crippen LogP contribution is 2.32. The Hall–Kier alpha value is -0.870. The molecule has 3 rings (SSSR count).